The van der Waals surface area contributed by atoms with Crippen LogP contribution in [0.1, 0.15) is 5.56 Å². The van der Waals surface area contributed by atoms with Crippen molar-refractivity contribution < 1.29 is 12.8 Å². The number of nitrogens with two attached hydrogens (primary N) is 2. The molecule has 0 saturated carbocycles. The lowest BCUT2D eigenvalue weighted by molar-refractivity contribution is 0.563. The first-order chi connectivity index (χ1) is 5.82. The lowest BCUT2D eigenvalue weighted by atomic mass is 10.2. The molecule has 0 aliphatic heterocycles. The lowest BCUT2D eigenvalue weighted by Crippen LogP contribution is -2.15. The summed E-state index contributed by atoms with van der Waals surface area (Å²) in [6, 6.07) is 2.34. The summed E-state index contributed by atoms with van der Waals surface area (Å²) in [5.41, 5.74) is 5.66. The molecule has 4 nitrogen and oxygen atoms in total. The van der Waals surface area contributed by atoms with Crippen LogP contribution in [-0.4, -0.2) is 8.42 Å². The quantitative estimate of drug-likeness (QED) is 0.648. The molecule has 0 amide bonds. The van der Waals surface area contributed by atoms with Gasteiger partial charge in [-0.2, -0.15) is 0 Å². The van der Waals surface area contributed by atoms with Gasteiger partial charge in [0.15, 0.2) is 0 Å². The Hall–Kier alpha value is -1.14. The van der Waals surface area contributed by atoms with E-state index < -0.39 is 20.7 Å². The second-order valence-electron chi connectivity index (χ2n) is 2.69. The van der Waals surface area contributed by atoms with Crippen LogP contribution in [0.15, 0.2) is 17.0 Å². The van der Waals surface area contributed by atoms with Crippen molar-refractivity contribution in [2.24, 2.45) is 5.14 Å². The molecule has 0 aliphatic rings. The molecule has 0 unspecified atom stereocenters. The average molecular weight is 204 g/mol. The third-order valence-electron chi connectivity index (χ3n) is 1.55. The van der Waals surface area contributed by atoms with Crippen LogP contribution in [0.3, 0.4) is 0 Å². The Morgan fingerprint density at radius 1 is 1.38 bits per heavy atom. The molecule has 0 aromatic heterocycles. The van der Waals surface area contributed by atoms with Gasteiger partial charge >= 0.3 is 0 Å². The number of primary sulfonamides is 1. The first kappa shape index (κ1) is 9.94. The van der Waals surface area contributed by atoms with E-state index in [2.05, 4.69) is 0 Å². The third kappa shape index (κ3) is 1.96. The summed E-state index contributed by atoms with van der Waals surface area (Å²) in [6.45, 7) is 1.42. The van der Waals surface area contributed by atoms with Gasteiger partial charge in [0.05, 0.1) is 0 Å². The zero-order valence-electron chi connectivity index (χ0n) is 6.91. The van der Waals surface area contributed by atoms with Gasteiger partial charge in [-0.3, -0.25) is 0 Å². The number of hydrogen-bond acceptors (Lipinski definition) is 3. The molecule has 0 spiro atoms. The van der Waals surface area contributed by atoms with Crippen LogP contribution >= 0.6 is 0 Å². The minimum absolute atomic E-state index is 0.157. The molecule has 0 radical (unpaired) electrons. The zero-order valence-corrected chi connectivity index (χ0v) is 7.73. The maximum absolute atomic E-state index is 13.2. The van der Waals surface area contributed by atoms with E-state index in [-0.39, 0.29) is 11.3 Å². The first-order valence-electron chi connectivity index (χ1n) is 3.41. The number of anilines is 1. The predicted octanol–water partition coefficient (Wildman–Crippen LogP) is 0.364. The number of benzene rings is 1. The Bertz CT molecular complexity index is 442. The van der Waals surface area contributed by atoms with E-state index >= 15 is 0 Å². The topological polar surface area (TPSA) is 86.2 Å². The fourth-order valence-corrected chi connectivity index (χ4v) is 1.68. The number of hydrogen-bond donors (Lipinski definition) is 2. The average Bonchev–Trinajstić information content (AvgIpc) is 1.94. The van der Waals surface area contributed by atoms with Crippen LogP contribution in [0.25, 0.3) is 0 Å². The van der Waals surface area contributed by atoms with Gasteiger partial charge in [-0.1, -0.05) is 0 Å². The van der Waals surface area contributed by atoms with Gasteiger partial charge in [-0.15, -0.1) is 0 Å². The van der Waals surface area contributed by atoms with Crippen LogP contribution in [0.5, 0.6) is 0 Å². The van der Waals surface area contributed by atoms with Gasteiger partial charge in [0.1, 0.15) is 10.7 Å². The second kappa shape index (κ2) is 2.97. The number of sulfonamides is 1. The summed E-state index contributed by atoms with van der Waals surface area (Å²) < 4.78 is 34.8. The highest BCUT2D eigenvalue weighted by molar-refractivity contribution is 7.89. The Labute approximate surface area is 75.4 Å². The van der Waals surface area contributed by atoms with Crippen molar-refractivity contribution in [2.75, 3.05) is 5.73 Å². The molecule has 13 heavy (non-hydrogen) atoms. The summed E-state index contributed by atoms with van der Waals surface area (Å²) in [5.74, 6) is -0.850. The highest BCUT2D eigenvalue weighted by Gasteiger charge is 2.16. The largest absolute Gasteiger partial charge is 0.399 e. The predicted molar refractivity (Wildman–Crippen MR) is 46.9 cm³/mol. The van der Waals surface area contributed by atoms with Gasteiger partial charge in [0.25, 0.3) is 0 Å². The third-order valence-corrected chi connectivity index (χ3v) is 2.46. The number of rotatable bonds is 1. The molecule has 1 aromatic rings. The molecule has 0 heterocycles. The molecule has 4 N–H and O–H groups in total. The molecule has 72 valence electrons. The Morgan fingerprint density at radius 2 is 1.92 bits per heavy atom. The van der Waals surface area contributed by atoms with Crippen molar-refractivity contribution in [3.63, 3.8) is 0 Å². The van der Waals surface area contributed by atoms with E-state index in [9.17, 15) is 12.8 Å². The van der Waals surface area contributed by atoms with Crippen LogP contribution in [-0.2, 0) is 10.0 Å². The van der Waals surface area contributed by atoms with Gasteiger partial charge < -0.3 is 5.73 Å². The van der Waals surface area contributed by atoms with E-state index in [1.807, 2.05) is 0 Å². The van der Waals surface area contributed by atoms with Crippen molar-refractivity contribution in [3.05, 3.63) is 23.5 Å². The van der Waals surface area contributed by atoms with Gasteiger partial charge in [0, 0.05) is 5.69 Å². The zero-order chi connectivity index (χ0) is 10.2. The van der Waals surface area contributed by atoms with E-state index in [4.69, 9.17) is 10.9 Å². The molecule has 0 fully saturated rings. The summed E-state index contributed by atoms with van der Waals surface area (Å²) in [4.78, 5) is -0.565. The fraction of sp³-hybridized carbons (Fsp3) is 0.143. The molecule has 1 rings (SSSR count). The van der Waals surface area contributed by atoms with Crippen molar-refractivity contribution in [1.82, 2.24) is 0 Å². The lowest BCUT2D eigenvalue weighted by Gasteiger charge is -2.04. The molecular formula is C7H9FN2O2S. The molecule has 0 saturated heterocycles. The standard InChI is InChI=1S/C7H9FN2O2S/c1-4-2-5(9)3-6(7(4)8)13(10,11)12/h2-3H,9H2,1H3,(H2,10,11,12). The van der Waals surface area contributed by atoms with Crippen molar-refractivity contribution in [2.45, 2.75) is 11.8 Å². The molecular weight excluding hydrogens is 195 g/mol. The molecule has 6 heteroatoms. The SMILES string of the molecule is Cc1cc(N)cc(S(N)(=O)=O)c1F. The minimum atomic E-state index is -4.03. The number of aryl methyl sites for hydroxylation is 1. The molecule has 0 bridgehead atoms. The van der Waals surface area contributed by atoms with Gasteiger partial charge in [-0.05, 0) is 24.6 Å². The van der Waals surface area contributed by atoms with E-state index in [0.717, 1.165) is 6.07 Å². The van der Waals surface area contributed by atoms with Crippen LogP contribution in [0, 0.1) is 12.7 Å². The second-order valence-corrected chi connectivity index (χ2v) is 4.22. The highest BCUT2D eigenvalue weighted by Crippen LogP contribution is 2.19. The summed E-state index contributed by atoms with van der Waals surface area (Å²) in [5, 5.41) is 4.77. The van der Waals surface area contributed by atoms with Crippen LogP contribution in [0.4, 0.5) is 10.1 Å². The van der Waals surface area contributed by atoms with E-state index in [1.54, 1.807) is 0 Å². The smallest absolute Gasteiger partial charge is 0.241 e. The summed E-state index contributed by atoms with van der Waals surface area (Å²) in [6.07, 6.45) is 0. The Morgan fingerprint density at radius 3 is 2.38 bits per heavy atom. The maximum atomic E-state index is 13.2. The highest BCUT2D eigenvalue weighted by atomic mass is 32.2. The number of nitrogen functional groups attached to an aromatic ring is 1. The van der Waals surface area contributed by atoms with E-state index in [1.165, 1.54) is 13.0 Å². The van der Waals surface area contributed by atoms with Crippen LogP contribution in [0.2, 0.25) is 0 Å². The normalized spacial score (nSPS) is 11.6. The molecule has 0 aliphatic carbocycles. The van der Waals surface area contributed by atoms with Gasteiger partial charge in [-0.25, -0.2) is 17.9 Å². The van der Waals surface area contributed by atoms with E-state index in [0.29, 0.717) is 0 Å². The summed E-state index contributed by atoms with van der Waals surface area (Å²) in [7, 11) is -4.03. The number of halogens is 1. The van der Waals surface area contributed by atoms with Crippen molar-refractivity contribution >= 4 is 15.7 Å². The molecule has 0 atom stereocenters. The first-order valence-corrected chi connectivity index (χ1v) is 4.95. The monoisotopic (exact) mass is 204 g/mol. The van der Waals surface area contributed by atoms with Gasteiger partial charge in [0.2, 0.25) is 10.0 Å². The van der Waals surface area contributed by atoms with Crippen LogP contribution < -0.4 is 10.9 Å². The maximum Gasteiger partial charge on any atom is 0.241 e. The summed E-state index contributed by atoms with van der Waals surface area (Å²) >= 11 is 0. The molecule has 1 aromatic carbocycles. The van der Waals surface area contributed by atoms with Crippen molar-refractivity contribution in [3.8, 4) is 0 Å². The van der Waals surface area contributed by atoms with Crippen molar-refractivity contribution in [1.29, 1.82) is 0 Å². The Balaban J connectivity index is 3.56. The fourth-order valence-electron chi connectivity index (χ4n) is 0.971. The minimum Gasteiger partial charge on any atom is -0.399 e. The Kier molecular flexibility index (Phi) is 2.27.